The van der Waals surface area contributed by atoms with Crippen LogP contribution in [0.5, 0.6) is 5.75 Å². The lowest BCUT2D eigenvalue weighted by Crippen LogP contribution is -2.51. The summed E-state index contributed by atoms with van der Waals surface area (Å²) in [4.78, 5) is 14.9. The molecule has 1 heterocycles. The fourth-order valence-corrected chi connectivity index (χ4v) is 3.15. The van der Waals surface area contributed by atoms with Crippen LogP contribution in [0, 0.1) is 0 Å². The zero-order valence-electron chi connectivity index (χ0n) is 13.5. The van der Waals surface area contributed by atoms with Crippen LogP contribution >= 0.6 is 11.6 Å². The summed E-state index contributed by atoms with van der Waals surface area (Å²) in [6.07, 6.45) is 1.86. The predicted molar refractivity (Wildman–Crippen MR) is 89.6 cm³/mol. The molecule has 1 amide bonds. The van der Waals surface area contributed by atoms with Crippen molar-refractivity contribution in [1.82, 2.24) is 10.2 Å². The number of hydrogen-bond donors (Lipinski definition) is 2. The number of ether oxygens (including phenoxy) is 1. The lowest BCUT2D eigenvalue weighted by atomic mass is 9.93. The third kappa shape index (κ3) is 3.47. The molecule has 0 bridgehead atoms. The molecule has 1 aliphatic heterocycles. The third-order valence-electron chi connectivity index (χ3n) is 4.54. The van der Waals surface area contributed by atoms with Gasteiger partial charge >= 0.3 is 0 Å². The maximum absolute atomic E-state index is 12.5. The topological polar surface area (TPSA) is 67.6 Å². The van der Waals surface area contributed by atoms with Crippen molar-refractivity contribution in [3.8, 4) is 5.75 Å². The number of nitrogens with one attached hydrogen (secondary N) is 1. The van der Waals surface area contributed by atoms with Crippen LogP contribution in [0.2, 0.25) is 5.02 Å². The van der Waals surface area contributed by atoms with Gasteiger partial charge in [0, 0.05) is 24.2 Å². The minimum Gasteiger partial charge on any atom is -0.496 e. The van der Waals surface area contributed by atoms with Gasteiger partial charge in [0.2, 0.25) is 0 Å². The number of benzene rings is 1. The van der Waals surface area contributed by atoms with Crippen molar-refractivity contribution in [3.05, 3.63) is 22.7 Å². The fourth-order valence-electron chi connectivity index (χ4n) is 2.98. The minimum absolute atomic E-state index is 0.148. The molecule has 2 atom stereocenters. The molecule has 0 aliphatic carbocycles. The van der Waals surface area contributed by atoms with E-state index in [0.29, 0.717) is 34.1 Å². The number of amides is 1. The predicted octanol–water partition coefficient (Wildman–Crippen LogP) is 2.53. The number of likely N-dealkylation sites (tertiary alicyclic amines) is 1. The smallest absolute Gasteiger partial charge is 0.255 e. The number of nitrogens with two attached hydrogens (primary N) is 1. The number of methoxy groups -OCH3 is 1. The van der Waals surface area contributed by atoms with E-state index in [2.05, 4.69) is 31.1 Å². The van der Waals surface area contributed by atoms with Crippen molar-refractivity contribution in [2.45, 2.75) is 44.8 Å². The van der Waals surface area contributed by atoms with Crippen LogP contribution in [0.3, 0.4) is 0 Å². The van der Waals surface area contributed by atoms with Crippen molar-refractivity contribution in [2.75, 3.05) is 19.9 Å². The maximum atomic E-state index is 12.5. The van der Waals surface area contributed by atoms with Crippen molar-refractivity contribution in [3.63, 3.8) is 0 Å². The number of rotatable bonds is 3. The van der Waals surface area contributed by atoms with Crippen LogP contribution in [0.4, 0.5) is 5.69 Å². The van der Waals surface area contributed by atoms with Crippen molar-refractivity contribution >= 4 is 23.2 Å². The van der Waals surface area contributed by atoms with Gasteiger partial charge < -0.3 is 20.7 Å². The molecule has 1 aromatic carbocycles. The van der Waals surface area contributed by atoms with Gasteiger partial charge in [0.1, 0.15) is 5.75 Å². The van der Waals surface area contributed by atoms with E-state index in [1.807, 2.05) is 0 Å². The van der Waals surface area contributed by atoms with E-state index in [9.17, 15) is 4.79 Å². The first-order valence-corrected chi connectivity index (χ1v) is 7.87. The molecule has 0 spiro atoms. The van der Waals surface area contributed by atoms with Crippen LogP contribution in [-0.4, -0.2) is 43.1 Å². The number of nitrogens with zero attached hydrogens (tertiary/aromatic N) is 1. The summed E-state index contributed by atoms with van der Waals surface area (Å²) >= 11 is 6.03. The Bertz CT molecular complexity index is 553. The Balaban J connectivity index is 2.14. The van der Waals surface area contributed by atoms with Gasteiger partial charge in [-0.25, -0.2) is 0 Å². The lowest BCUT2D eigenvalue weighted by Gasteiger charge is -2.40. The summed E-state index contributed by atoms with van der Waals surface area (Å²) < 4.78 is 5.24. The summed E-state index contributed by atoms with van der Waals surface area (Å²) in [5.41, 5.74) is 6.57. The molecule has 1 saturated heterocycles. The first-order chi connectivity index (χ1) is 10.3. The zero-order valence-corrected chi connectivity index (χ0v) is 14.3. The molecule has 22 heavy (non-hydrogen) atoms. The summed E-state index contributed by atoms with van der Waals surface area (Å²) in [7, 11) is 3.63. The highest BCUT2D eigenvalue weighted by atomic mass is 35.5. The molecule has 0 unspecified atom stereocenters. The summed E-state index contributed by atoms with van der Waals surface area (Å²) in [5.74, 6) is 0.265. The molecule has 0 radical (unpaired) electrons. The molecular weight excluding hydrogens is 302 g/mol. The SMILES string of the molecule is COc1cc(N)c(Cl)cc1C(=O)NC1C[C@H](C)N(C)[C@@H](C)C1. The van der Waals surface area contributed by atoms with Crippen LogP contribution in [-0.2, 0) is 0 Å². The third-order valence-corrected chi connectivity index (χ3v) is 4.87. The number of anilines is 1. The van der Waals surface area contributed by atoms with E-state index < -0.39 is 0 Å². The van der Waals surface area contributed by atoms with Gasteiger partial charge in [0.05, 0.1) is 23.4 Å². The average Bonchev–Trinajstić information content (AvgIpc) is 2.46. The quantitative estimate of drug-likeness (QED) is 0.838. The van der Waals surface area contributed by atoms with Crippen LogP contribution < -0.4 is 15.8 Å². The molecular formula is C16H24ClN3O2. The highest BCUT2D eigenvalue weighted by molar-refractivity contribution is 6.33. The second-order valence-corrected chi connectivity index (χ2v) is 6.49. The molecule has 3 N–H and O–H groups in total. The average molecular weight is 326 g/mol. The van der Waals surface area contributed by atoms with E-state index in [1.165, 1.54) is 7.11 Å². The number of piperidine rings is 1. The number of hydrogen-bond acceptors (Lipinski definition) is 4. The highest BCUT2D eigenvalue weighted by Gasteiger charge is 2.29. The van der Waals surface area contributed by atoms with E-state index in [-0.39, 0.29) is 11.9 Å². The fraction of sp³-hybridized carbons (Fsp3) is 0.562. The first kappa shape index (κ1) is 16.9. The Hall–Kier alpha value is -1.46. The normalized spacial score (nSPS) is 25.8. The monoisotopic (exact) mass is 325 g/mol. The van der Waals surface area contributed by atoms with Gasteiger partial charge in [-0.15, -0.1) is 0 Å². The molecule has 122 valence electrons. The summed E-state index contributed by atoms with van der Waals surface area (Å²) in [6.45, 7) is 4.35. The van der Waals surface area contributed by atoms with E-state index in [0.717, 1.165) is 12.8 Å². The van der Waals surface area contributed by atoms with E-state index in [1.54, 1.807) is 12.1 Å². The van der Waals surface area contributed by atoms with Gasteiger partial charge in [-0.05, 0) is 39.8 Å². The van der Waals surface area contributed by atoms with Gasteiger partial charge in [0.15, 0.2) is 0 Å². The molecule has 1 aliphatic rings. The number of carbonyl (C=O) groups excluding carboxylic acids is 1. The van der Waals surface area contributed by atoms with Crippen LogP contribution in [0.25, 0.3) is 0 Å². The van der Waals surface area contributed by atoms with E-state index in [4.69, 9.17) is 22.1 Å². The van der Waals surface area contributed by atoms with Crippen LogP contribution in [0.15, 0.2) is 12.1 Å². The van der Waals surface area contributed by atoms with Crippen molar-refractivity contribution in [2.24, 2.45) is 0 Å². The first-order valence-electron chi connectivity index (χ1n) is 7.49. The molecule has 0 aromatic heterocycles. The van der Waals surface area contributed by atoms with Crippen LogP contribution in [0.1, 0.15) is 37.0 Å². The molecule has 0 saturated carbocycles. The Morgan fingerprint density at radius 3 is 2.50 bits per heavy atom. The van der Waals surface area contributed by atoms with E-state index >= 15 is 0 Å². The Kier molecular flexibility index (Phi) is 5.19. The Morgan fingerprint density at radius 2 is 1.95 bits per heavy atom. The maximum Gasteiger partial charge on any atom is 0.255 e. The number of carbonyl (C=O) groups is 1. The second kappa shape index (κ2) is 6.75. The second-order valence-electron chi connectivity index (χ2n) is 6.08. The Labute approximate surface area is 136 Å². The molecule has 6 heteroatoms. The number of nitrogen functional groups attached to an aromatic ring is 1. The minimum atomic E-state index is -0.173. The molecule has 5 nitrogen and oxygen atoms in total. The lowest BCUT2D eigenvalue weighted by molar-refractivity contribution is 0.0827. The van der Waals surface area contributed by atoms with Gasteiger partial charge in [-0.1, -0.05) is 11.6 Å². The molecule has 1 fully saturated rings. The van der Waals surface area contributed by atoms with Gasteiger partial charge in [0.25, 0.3) is 5.91 Å². The molecule has 1 aromatic rings. The van der Waals surface area contributed by atoms with Gasteiger partial charge in [-0.2, -0.15) is 0 Å². The zero-order chi connectivity index (χ0) is 16.4. The largest absolute Gasteiger partial charge is 0.496 e. The highest BCUT2D eigenvalue weighted by Crippen LogP contribution is 2.29. The standard InChI is InChI=1S/C16H24ClN3O2/c1-9-5-11(6-10(2)20(9)3)19-16(21)12-7-13(17)14(18)8-15(12)22-4/h7-11H,5-6,18H2,1-4H3,(H,19,21)/t9-,10-/m0/s1. The summed E-state index contributed by atoms with van der Waals surface area (Å²) in [6, 6.07) is 4.16. The van der Waals surface area contributed by atoms with Crippen molar-refractivity contribution < 1.29 is 9.53 Å². The number of halogens is 1. The van der Waals surface area contributed by atoms with Gasteiger partial charge in [-0.3, -0.25) is 4.79 Å². The Morgan fingerprint density at radius 1 is 1.36 bits per heavy atom. The summed E-state index contributed by atoms with van der Waals surface area (Å²) in [5, 5.41) is 3.45. The molecule has 2 rings (SSSR count). The van der Waals surface area contributed by atoms with Crippen molar-refractivity contribution in [1.29, 1.82) is 0 Å².